The van der Waals surface area contributed by atoms with E-state index in [1.54, 1.807) is 0 Å². The number of likely N-dealkylation sites (N-methyl/N-ethyl adjacent to an activating group) is 2. The molecule has 0 aliphatic carbocycles. The molecular weight excluding hydrogens is 238 g/mol. The minimum Gasteiger partial charge on any atom is -0.398 e. The maximum absolute atomic E-state index is 11.4. The van der Waals surface area contributed by atoms with Crippen molar-refractivity contribution in [3.05, 3.63) is 23.8 Å². The Kier molecular flexibility index (Phi) is 5.36. The first-order valence-corrected chi connectivity index (χ1v) is 6.68. The number of anilines is 2. The zero-order chi connectivity index (χ0) is 14.6. The van der Waals surface area contributed by atoms with E-state index in [2.05, 4.69) is 37.7 Å². The van der Waals surface area contributed by atoms with Gasteiger partial charge in [0, 0.05) is 36.1 Å². The number of ketones is 1. The smallest absolute Gasteiger partial charge is 0.161 e. The van der Waals surface area contributed by atoms with Crippen LogP contribution in [0.15, 0.2) is 18.2 Å². The van der Waals surface area contributed by atoms with Gasteiger partial charge in [-0.2, -0.15) is 0 Å². The largest absolute Gasteiger partial charge is 0.398 e. The zero-order valence-electron chi connectivity index (χ0n) is 12.6. The van der Waals surface area contributed by atoms with E-state index in [4.69, 9.17) is 5.73 Å². The van der Waals surface area contributed by atoms with Crippen LogP contribution in [0.25, 0.3) is 0 Å². The van der Waals surface area contributed by atoms with E-state index in [1.807, 2.05) is 18.2 Å². The average molecular weight is 263 g/mol. The molecule has 0 aromatic heterocycles. The van der Waals surface area contributed by atoms with Gasteiger partial charge in [0.1, 0.15) is 0 Å². The van der Waals surface area contributed by atoms with Crippen molar-refractivity contribution >= 4 is 17.2 Å². The van der Waals surface area contributed by atoms with Crippen molar-refractivity contribution in [1.29, 1.82) is 0 Å². The molecule has 1 rings (SSSR count). The normalized spacial score (nSPS) is 12.5. The van der Waals surface area contributed by atoms with Crippen LogP contribution < -0.4 is 10.6 Å². The highest BCUT2D eigenvalue weighted by Gasteiger charge is 2.15. The molecule has 1 aromatic rings. The number of benzene rings is 1. The molecule has 0 heterocycles. The first-order chi connectivity index (χ1) is 8.86. The summed E-state index contributed by atoms with van der Waals surface area (Å²) in [7, 11) is 4.13. The van der Waals surface area contributed by atoms with Crippen LogP contribution in [0.5, 0.6) is 0 Å². The third-order valence-corrected chi connectivity index (χ3v) is 3.25. The lowest BCUT2D eigenvalue weighted by Crippen LogP contribution is -2.40. The predicted molar refractivity (Wildman–Crippen MR) is 81.9 cm³/mol. The number of hydrogen-bond acceptors (Lipinski definition) is 4. The van der Waals surface area contributed by atoms with E-state index in [0.717, 1.165) is 18.8 Å². The number of hydrogen-bond donors (Lipinski definition) is 1. The van der Waals surface area contributed by atoms with Crippen LogP contribution in [0.2, 0.25) is 0 Å². The lowest BCUT2D eigenvalue weighted by molar-refractivity contribution is 0.101. The molecule has 0 fully saturated rings. The fourth-order valence-electron chi connectivity index (χ4n) is 2.43. The standard InChI is InChI=1S/C15H25N3O/c1-6-18(11(2)10-17(4)5)13-7-8-14(12(3)19)15(16)9-13/h7-9,11H,6,10,16H2,1-5H3. The van der Waals surface area contributed by atoms with Crippen molar-refractivity contribution in [2.24, 2.45) is 0 Å². The Morgan fingerprint density at radius 1 is 1.37 bits per heavy atom. The summed E-state index contributed by atoms with van der Waals surface area (Å²) in [5, 5.41) is 0. The Morgan fingerprint density at radius 3 is 2.42 bits per heavy atom. The van der Waals surface area contributed by atoms with E-state index in [1.165, 1.54) is 6.92 Å². The second-order valence-corrected chi connectivity index (χ2v) is 5.23. The van der Waals surface area contributed by atoms with Crippen LogP contribution in [-0.4, -0.2) is 43.9 Å². The number of Topliss-reactive ketones (excluding diaryl/α,β-unsaturated/α-hetero) is 1. The summed E-state index contributed by atoms with van der Waals surface area (Å²) in [4.78, 5) is 15.9. The summed E-state index contributed by atoms with van der Waals surface area (Å²) in [6.07, 6.45) is 0. The summed E-state index contributed by atoms with van der Waals surface area (Å²) >= 11 is 0. The van der Waals surface area contributed by atoms with Gasteiger partial charge in [-0.1, -0.05) is 0 Å². The van der Waals surface area contributed by atoms with Gasteiger partial charge in [0.2, 0.25) is 0 Å². The zero-order valence-corrected chi connectivity index (χ0v) is 12.6. The van der Waals surface area contributed by atoms with E-state index in [0.29, 0.717) is 17.3 Å². The van der Waals surface area contributed by atoms with Crippen LogP contribution in [0, 0.1) is 0 Å². The second-order valence-electron chi connectivity index (χ2n) is 5.23. The van der Waals surface area contributed by atoms with E-state index in [-0.39, 0.29) is 5.78 Å². The number of nitrogen functional groups attached to an aromatic ring is 1. The first kappa shape index (κ1) is 15.5. The van der Waals surface area contributed by atoms with Gasteiger partial charge in [0.15, 0.2) is 5.78 Å². The van der Waals surface area contributed by atoms with Gasteiger partial charge in [-0.3, -0.25) is 4.79 Å². The highest BCUT2D eigenvalue weighted by molar-refractivity contribution is 5.99. The Labute approximate surface area is 116 Å². The lowest BCUT2D eigenvalue weighted by atomic mass is 10.1. The quantitative estimate of drug-likeness (QED) is 0.632. The number of carbonyl (C=O) groups excluding carboxylic acids is 1. The number of rotatable bonds is 6. The minimum absolute atomic E-state index is 0.00781. The third kappa shape index (κ3) is 3.96. The molecule has 0 radical (unpaired) electrons. The van der Waals surface area contributed by atoms with Crippen LogP contribution >= 0.6 is 0 Å². The summed E-state index contributed by atoms with van der Waals surface area (Å²) < 4.78 is 0. The molecule has 19 heavy (non-hydrogen) atoms. The van der Waals surface area contributed by atoms with Crippen LogP contribution in [-0.2, 0) is 0 Å². The van der Waals surface area contributed by atoms with Crippen molar-refractivity contribution in [3.63, 3.8) is 0 Å². The topological polar surface area (TPSA) is 49.6 Å². The van der Waals surface area contributed by atoms with Crippen molar-refractivity contribution in [3.8, 4) is 0 Å². The Hall–Kier alpha value is -1.55. The van der Waals surface area contributed by atoms with E-state index < -0.39 is 0 Å². The van der Waals surface area contributed by atoms with Gasteiger partial charge in [-0.15, -0.1) is 0 Å². The molecule has 1 aromatic carbocycles. The summed E-state index contributed by atoms with van der Waals surface area (Å²) in [6.45, 7) is 7.74. The fourth-order valence-corrected chi connectivity index (χ4v) is 2.43. The van der Waals surface area contributed by atoms with Gasteiger partial charge in [-0.05, 0) is 53.1 Å². The molecular formula is C15H25N3O. The SMILES string of the molecule is CCN(c1ccc(C(C)=O)c(N)c1)C(C)CN(C)C. The molecule has 4 heteroatoms. The maximum Gasteiger partial charge on any atom is 0.161 e. The Morgan fingerprint density at radius 2 is 2.00 bits per heavy atom. The molecule has 1 atom stereocenters. The fraction of sp³-hybridized carbons (Fsp3) is 0.533. The number of nitrogens with two attached hydrogens (primary N) is 1. The van der Waals surface area contributed by atoms with Gasteiger partial charge < -0.3 is 15.5 Å². The van der Waals surface area contributed by atoms with Crippen molar-refractivity contribution in [2.45, 2.75) is 26.8 Å². The monoisotopic (exact) mass is 263 g/mol. The number of carbonyl (C=O) groups is 1. The molecule has 0 aliphatic rings. The van der Waals surface area contributed by atoms with Crippen LogP contribution in [0.1, 0.15) is 31.1 Å². The minimum atomic E-state index is 0.00781. The third-order valence-electron chi connectivity index (χ3n) is 3.25. The summed E-state index contributed by atoms with van der Waals surface area (Å²) in [6, 6.07) is 6.08. The van der Waals surface area contributed by atoms with Gasteiger partial charge in [0.25, 0.3) is 0 Å². The molecule has 1 unspecified atom stereocenters. The first-order valence-electron chi connectivity index (χ1n) is 6.68. The van der Waals surface area contributed by atoms with E-state index >= 15 is 0 Å². The predicted octanol–water partition coefficient (Wildman–Crippen LogP) is 2.25. The molecule has 0 saturated carbocycles. The molecule has 0 bridgehead atoms. The highest BCUT2D eigenvalue weighted by atomic mass is 16.1. The maximum atomic E-state index is 11.4. The Balaban J connectivity index is 2.99. The van der Waals surface area contributed by atoms with Crippen LogP contribution in [0.3, 0.4) is 0 Å². The lowest BCUT2D eigenvalue weighted by Gasteiger charge is -2.32. The van der Waals surface area contributed by atoms with Crippen LogP contribution in [0.4, 0.5) is 11.4 Å². The molecule has 0 spiro atoms. The molecule has 4 nitrogen and oxygen atoms in total. The summed E-state index contributed by atoms with van der Waals surface area (Å²) in [5.74, 6) is 0.00781. The van der Waals surface area contributed by atoms with Gasteiger partial charge in [-0.25, -0.2) is 0 Å². The van der Waals surface area contributed by atoms with E-state index in [9.17, 15) is 4.79 Å². The molecule has 2 N–H and O–H groups in total. The molecule has 0 aliphatic heterocycles. The number of nitrogens with zero attached hydrogens (tertiary/aromatic N) is 2. The molecule has 0 saturated heterocycles. The van der Waals surface area contributed by atoms with Crippen molar-refractivity contribution in [2.75, 3.05) is 37.8 Å². The van der Waals surface area contributed by atoms with Gasteiger partial charge in [0.05, 0.1) is 0 Å². The van der Waals surface area contributed by atoms with Gasteiger partial charge >= 0.3 is 0 Å². The highest BCUT2D eigenvalue weighted by Crippen LogP contribution is 2.23. The Bertz CT molecular complexity index is 443. The summed E-state index contributed by atoms with van der Waals surface area (Å²) in [5.41, 5.74) is 8.18. The second kappa shape index (κ2) is 6.57. The molecule has 106 valence electrons. The van der Waals surface area contributed by atoms with Crippen molar-refractivity contribution in [1.82, 2.24) is 4.90 Å². The molecule has 0 amide bonds. The average Bonchev–Trinajstić information content (AvgIpc) is 2.28. The van der Waals surface area contributed by atoms with Crippen molar-refractivity contribution < 1.29 is 4.79 Å².